The Morgan fingerprint density at radius 1 is 1.47 bits per heavy atom. The van der Waals surface area contributed by atoms with E-state index in [0.717, 1.165) is 0 Å². The first-order valence-corrected chi connectivity index (χ1v) is 4.57. The minimum Gasteiger partial charge on any atom is -0.369 e. The summed E-state index contributed by atoms with van der Waals surface area (Å²) < 4.78 is 1.59. The van der Waals surface area contributed by atoms with Gasteiger partial charge in [0.25, 0.3) is 5.91 Å². The van der Waals surface area contributed by atoms with Crippen LogP contribution in [0, 0.1) is 0 Å². The second kappa shape index (κ2) is 3.16. The van der Waals surface area contributed by atoms with Crippen LogP contribution in [0.15, 0.2) is 17.5 Å². The van der Waals surface area contributed by atoms with Crippen LogP contribution in [0.1, 0.15) is 13.8 Å². The van der Waals surface area contributed by atoms with Gasteiger partial charge in [0.1, 0.15) is 6.33 Å². The maximum Gasteiger partial charge on any atom is 0.258 e. The molecule has 0 aromatic carbocycles. The van der Waals surface area contributed by atoms with Gasteiger partial charge in [0, 0.05) is 12.6 Å². The lowest BCUT2D eigenvalue weighted by molar-refractivity contribution is -0.115. The molecule has 1 aromatic rings. The molecule has 2 rings (SSSR count). The standard InChI is InChI=1S/C9H12N4O2/c1-5-6(2)8(15)13(7(5)14)9-11-10-4-12(9)3/h4,7,14H,1-3H3. The molecule has 1 amide bonds. The van der Waals surface area contributed by atoms with Crippen LogP contribution in [-0.2, 0) is 11.8 Å². The molecule has 2 heterocycles. The molecule has 0 saturated carbocycles. The summed E-state index contributed by atoms with van der Waals surface area (Å²) in [5.41, 5.74) is 1.22. The van der Waals surface area contributed by atoms with E-state index in [1.807, 2.05) is 0 Å². The van der Waals surface area contributed by atoms with Crippen LogP contribution >= 0.6 is 0 Å². The lowest BCUT2D eigenvalue weighted by Crippen LogP contribution is -2.37. The molecule has 0 bridgehead atoms. The first kappa shape index (κ1) is 9.85. The van der Waals surface area contributed by atoms with Crippen molar-refractivity contribution in [1.82, 2.24) is 14.8 Å². The quantitative estimate of drug-likeness (QED) is 0.694. The fraction of sp³-hybridized carbons (Fsp3) is 0.444. The molecule has 6 nitrogen and oxygen atoms in total. The number of amides is 1. The molecule has 1 aromatic heterocycles. The second-order valence-corrected chi connectivity index (χ2v) is 3.60. The Bertz CT molecular complexity index is 449. The van der Waals surface area contributed by atoms with E-state index in [1.54, 1.807) is 25.5 Å². The average molecular weight is 208 g/mol. The van der Waals surface area contributed by atoms with Gasteiger partial charge in [0.2, 0.25) is 5.95 Å². The molecule has 0 saturated heterocycles. The van der Waals surface area contributed by atoms with E-state index >= 15 is 0 Å². The van der Waals surface area contributed by atoms with Crippen LogP contribution in [0.3, 0.4) is 0 Å². The topological polar surface area (TPSA) is 71.2 Å². The smallest absolute Gasteiger partial charge is 0.258 e. The van der Waals surface area contributed by atoms with Crippen molar-refractivity contribution < 1.29 is 9.90 Å². The maximum atomic E-state index is 11.8. The fourth-order valence-electron chi connectivity index (χ4n) is 1.54. The highest BCUT2D eigenvalue weighted by molar-refractivity contribution is 6.08. The maximum absolute atomic E-state index is 11.8. The minimum atomic E-state index is -0.930. The third kappa shape index (κ3) is 1.25. The van der Waals surface area contributed by atoms with Gasteiger partial charge in [-0.3, -0.25) is 4.79 Å². The van der Waals surface area contributed by atoms with E-state index in [-0.39, 0.29) is 5.91 Å². The summed E-state index contributed by atoms with van der Waals surface area (Å²) in [4.78, 5) is 13.0. The van der Waals surface area contributed by atoms with Crippen LogP contribution in [-0.4, -0.2) is 32.0 Å². The normalized spacial score (nSPS) is 21.7. The molecule has 1 aliphatic heterocycles. The number of aliphatic hydroxyl groups excluding tert-OH is 1. The highest BCUT2D eigenvalue weighted by Crippen LogP contribution is 2.27. The molecule has 0 fully saturated rings. The third-order valence-corrected chi connectivity index (χ3v) is 2.67. The number of hydrogen-bond acceptors (Lipinski definition) is 4. The molecule has 15 heavy (non-hydrogen) atoms. The lowest BCUT2D eigenvalue weighted by atomic mass is 10.2. The van der Waals surface area contributed by atoms with Gasteiger partial charge in [-0.05, 0) is 19.4 Å². The number of aromatic nitrogens is 3. The Morgan fingerprint density at radius 3 is 2.53 bits per heavy atom. The van der Waals surface area contributed by atoms with Crippen molar-refractivity contribution in [3.8, 4) is 0 Å². The monoisotopic (exact) mass is 208 g/mol. The number of aryl methyl sites for hydroxylation is 1. The zero-order chi connectivity index (χ0) is 11.2. The number of hydrogen-bond donors (Lipinski definition) is 1. The zero-order valence-electron chi connectivity index (χ0n) is 8.80. The van der Waals surface area contributed by atoms with E-state index in [9.17, 15) is 9.90 Å². The number of aliphatic hydroxyl groups is 1. The molecule has 0 spiro atoms. The zero-order valence-corrected chi connectivity index (χ0v) is 8.80. The van der Waals surface area contributed by atoms with Gasteiger partial charge in [-0.2, -0.15) is 0 Å². The van der Waals surface area contributed by atoms with E-state index in [2.05, 4.69) is 10.2 Å². The molecule has 1 atom stereocenters. The molecule has 0 aliphatic carbocycles. The Labute approximate surface area is 86.8 Å². The summed E-state index contributed by atoms with van der Waals surface area (Å²) in [5.74, 6) is 0.125. The molecule has 1 unspecified atom stereocenters. The number of rotatable bonds is 1. The van der Waals surface area contributed by atoms with Crippen molar-refractivity contribution in [2.24, 2.45) is 7.05 Å². The van der Waals surface area contributed by atoms with Crippen molar-refractivity contribution >= 4 is 11.9 Å². The summed E-state index contributed by atoms with van der Waals surface area (Å²) in [6, 6.07) is 0. The first-order valence-electron chi connectivity index (χ1n) is 4.57. The Balaban J connectivity index is 2.43. The average Bonchev–Trinajstić information content (AvgIpc) is 2.68. The van der Waals surface area contributed by atoms with Gasteiger partial charge in [-0.1, -0.05) is 0 Å². The van der Waals surface area contributed by atoms with E-state index in [4.69, 9.17) is 0 Å². The van der Waals surface area contributed by atoms with Crippen LogP contribution in [0.25, 0.3) is 0 Å². The Morgan fingerprint density at radius 2 is 2.13 bits per heavy atom. The summed E-state index contributed by atoms with van der Waals surface area (Å²) in [6.07, 6.45) is 0.554. The molecular weight excluding hydrogens is 196 g/mol. The second-order valence-electron chi connectivity index (χ2n) is 3.60. The van der Waals surface area contributed by atoms with Crippen molar-refractivity contribution in [1.29, 1.82) is 0 Å². The third-order valence-electron chi connectivity index (χ3n) is 2.67. The van der Waals surface area contributed by atoms with Gasteiger partial charge in [-0.25, -0.2) is 4.90 Å². The van der Waals surface area contributed by atoms with E-state index in [0.29, 0.717) is 17.1 Å². The van der Waals surface area contributed by atoms with Gasteiger partial charge in [0.15, 0.2) is 6.23 Å². The molecule has 1 aliphatic rings. The molecule has 80 valence electrons. The van der Waals surface area contributed by atoms with E-state index < -0.39 is 6.23 Å². The number of carbonyl (C=O) groups is 1. The summed E-state index contributed by atoms with van der Waals surface area (Å²) in [7, 11) is 1.72. The number of carbonyl (C=O) groups excluding carboxylic acids is 1. The predicted molar refractivity (Wildman–Crippen MR) is 52.9 cm³/mol. The van der Waals surface area contributed by atoms with Crippen molar-refractivity contribution in [3.63, 3.8) is 0 Å². The fourth-order valence-corrected chi connectivity index (χ4v) is 1.54. The van der Waals surface area contributed by atoms with Crippen molar-refractivity contribution in [2.45, 2.75) is 20.1 Å². The molecule has 6 heteroatoms. The number of anilines is 1. The first-order chi connectivity index (χ1) is 7.04. The number of nitrogens with zero attached hydrogens (tertiary/aromatic N) is 4. The van der Waals surface area contributed by atoms with Crippen molar-refractivity contribution in [2.75, 3.05) is 4.90 Å². The summed E-state index contributed by atoms with van der Waals surface area (Å²) in [6.45, 7) is 3.42. The Kier molecular flexibility index (Phi) is 2.08. The van der Waals surface area contributed by atoms with E-state index in [1.165, 1.54) is 11.2 Å². The van der Waals surface area contributed by atoms with Gasteiger partial charge in [0.05, 0.1) is 0 Å². The van der Waals surface area contributed by atoms with Crippen LogP contribution in [0.2, 0.25) is 0 Å². The molecule has 0 radical (unpaired) electrons. The lowest BCUT2D eigenvalue weighted by Gasteiger charge is -2.19. The van der Waals surface area contributed by atoms with Gasteiger partial charge in [-0.15, -0.1) is 10.2 Å². The SMILES string of the molecule is CC1=C(C)C(O)N(c2nncn2C)C1=O. The Hall–Kier alpha value is -1.69. The van der Waals surface area contributed by atoms with Crippen LogP contribution in [0.5, 0.6) is 0 Å². The highest BCUT2D eigenvalue weighted by Gasteiger charge is 2.36. The van der Waals surface area contributed by atoms with Crippen molar-refractivity contribution in [3.05, 3.63) is 17.5 Å². The highest BCUT2D eigenvalue weighted by atomic mass is 16.3. The molecular formula is C9H12N4O2. The largest absolute Gasteiger partial charge is 0.369 e. The predicted octanol–water partition coefficient (Wildman–Crippen LogP) is -0.184. The van der Waals surface area contributed by atoms with Crippen LogP contribution in [0.4, 0.5) is 5.95 Å². The van der Waals surface area contributed by atoms with Crippen LogP contribution < -0.4 is 4.90 Å². The van der Waals surface area contributed by atoms with Gasteiger partial charge < -0.3 is 9.67 Å². The van der Waals surface area contributed by atoms with Gasteiger partial charge >= 0.3 is 0 Å². The summed E-state index contributed by atoms with van der Waals surface area (Å²) in [5, 5.41) is 17.3. The molecule has 1 N–H and O–H groups in total. The minimum absolute atomic E-state index is 0.226. The summed E-state index contributed by atoms with van der Waals surface area (Å²) >= 11 is 0.